The third-order valence-corrected chi connectivity index (χ3v) is 2.45. The molecule has 1 aromatic carbocycles. The van der Waals surface area contributed by atoms with Gasteiger partial charge in [0.25, 0.3) is 0 Å². The van der Waals surface area contributed by atoms with Crippen LogP contribution in [0.3, 0.4) is 0 Å². The first kappa shape index (κ1) is 12.1. The minimum absolute atomic E-state index is 0.0735. The number of pyridine rings is 1. The SMILES string of the molecule is N#Cc1ccc(COc2ccc(CO)nc2)cc1. The molecule has 0 unspecified atom stereocenters. The van der Waals surface area contributed by atoms with Crippen molar-refractivity contribution < 1.29 is 9.84 Å². The van der Waals surface area contributed by atoms with Gasteiger partial charge in [-0.3, -0.25) is 4.98 Å². The molecule has 18 heavy (non-hydrogen) atoms. The Hall–Kier alpha value is -2.38. The lowest BCUT2D eigenvalue weighted by Crippen LogP contribution is -1.97. The van der Waals surface area contributed by atoms with Crippen molar-refractivity contribution in [3.63, 3.8) is 0 Å². The van der Waals surface area contributed by atoms with Crippen molar-refractivity contribution in [2.45, 2.75) is 13.2 Å². The highest BCUT2D eigenvalue weighted by molar-refractivity contribution is 5.31. The fourth-order valence-electron chi connectivity index (χ4n) is 1.43. The lowest BCUT2D eigenvalue weighted by atomic mass is 10.2. The number of nitriles is 1. The number of ether oxygens (including phenoxy) is 1. The summed E-state index contributed by atoms with van der Waals surface area (Å²) in [6, 6.07) is 12.8. The maximum Gasteiger partial charge on any atom is 0.138 e. The minimum Gasteiger partial charge on any atom is -0.487 e. The van der Waals surface area contributed by atoms with Gasteiger partial charge in [0.15, 0.2) is 0 Å². The average Bonchev–Trinajstić information content (AvgIpc) is 2.46. The molecule has 4 nitrogen and oxygen atoms in total. The average molecular weight is 240 g/mol. The van der Waals surface area contributed by atoms with Crippen LogP contribution in [0.5, 0.6) is 5.75 Å². The molecule has 1 aromatic heterocycles. The largest absolute Gasteiger partial charge is 0.487 e. The quantitative estimate of drug-likeness (QED) is 0.887. The molecule has 0 fully saturated rings. The van der Waals surface area contributed by atoms with E-state index in [0.29, 0.717) is 23.6 Å². The van der Waals surface area contributed by atoms with E-state index in [1.54, 1.807) is 30.5 Å². The second-order valence-corrected chi connectivity index (χ2v) is 3.74. The van der Waals surface area contributed by atoms with Gasteiger partial charge in [-0.15, -0.1) is 0 Å². The first-order chi connectivity index (χ1) is 8.81. The number of benzene rings is 1. The van der Waals surface area contributed by atoms with Gasteiger partial charge in [0.1, 0.15) is 12.4 Å². The maximum absolute atomic E-state index is 8.86. The maximum atomic E-state index is 8.86. The molecule has 0 saturated heterocycles. The first-order valence-electron chi connectivity index (χ1n) is 5.49. The molecular weight excluding hydrogens is 228 g/mol. The Bertz CT molecular complexity index is 542. The van der Waals surface area contributed by atoms with E-state index >= 15 is 0 Å². The topological polar surface area (TPSA) is 66.1 Å². The zero-order chi connectivity index (χ0) is 12.8. The smallest absolute Gasteiger partial charge is 0.138 e. The fraction of sp³-hybridized carbons (Fsp3) is 0.143. The van der Waals surface area contributed by atoms with Gasteiger partial charge in [-0.2, -0.15) is 5.26 Å². The number of aromatic nitrogens is 1. The summed E-state index contributed by atoms with van der Waals surface area (Å²) in [7, 11) is 0. The first-order valence-corrected chi connectivity index (χ1v) is 5.49. The van der Waals surface area contributed by atoms with Gasteiger partial charge in [-0.25, -0.2) is 0 Å². The van der Waals surface area contributed by atoms with Crippen molar-refractivity contribution >= 4 is 0 Å². The van der Waals surface area contributed by atoms with Gasteiger partial charge >= 0.3 is 0 Å². The van der Waals surface area contributed by atoms with Crippen LogP contribution in [0.4, 0.5) is 0 Å². The second-order valence-electron chi connectivity index (χ2n) is 3.74. The lowest BCUT2D eigenvalue weighted by molar-refractivity contribution is 0.275. The molecular formula is C14H12N2O2. The zero-order valence-corrected chi connectivity index (χ0v) is 9.71. The van der Waals surface area contributed by atoms with Crippen LogP contribution in [0.1, 0.15) is 16.8 Å². The molecule has 0 aliphatic carbocycles. The van der Waals surface area contributed by atoms with Crippen LogP contribution in [0.25, 0.3) is 0 Å². The number of hydrogen-bond donors (Lipinski definition) is 1. The predicted octanol–water partition coefficient (Wildman–Crippen LogP) is 2.02. The van der Waals surface area contributed by atoms with Crippen molar-refractivity contribution in [1.82, 2.24) is 4.98 Å². The van der Waals surface area contributed by atoms with Crippen molar-refractivity contribution in [3.05, 3.63) is 59.4 Å². The third-order valence-electron chi connectivity index (χ3n) is 2.45. The summed E-state index contributed by atoms with van der Waals surface area (Å²) in [6.07, 6.45) is 1.58. The molecule has 2 aromatic rings. The van der Waals surface area contributed by atoms with Crippen molar-refractivity contribution in [2.75, 3.05) is 0 Å². The van der Waals surface area contributed by atoms with Crippen LogP contribution in [0.15, 0.2) is 42.6 Å². The molecule has 0 bridgehead atoms. The lowest BCUT2D eigenvalue weighted by Gasteiger charge is -2.06. The Labute approximate surface area is 105 Å². The third kappa shape index (κ3) is 3.06. The normalized spacial score (nSPS) is 9.78. The summed E-state index contributed by atoms with van der Waals surface area (Å²) in [5.41, 5.74) is 2.23. The van der Waals surface area contributed by atoms with Gasteiger partial charge < -0.3 is 9.84 Å². The Morgan fingerprint density at radius 3 is 2.50 bits per heavy atom. The molecule has 1 heterocycles. The summed E-state index contributed by atoms with van der Waals surface area (Å²) in [5.74, 6) is 0.650. The van der Waals surface area contributed by atoms with Gasteiger partial charge in [0.2, 0.25) is 0 Å². The van der Waals surface area contributed by atoms with E-state index in [9.17, 15) is 0 Å². The van der Waals surface area contributed by atoms with Crippen LogP contribution in [-0.2, 0) is 13.2 Å². The van der Waals surface area contributed by atoms with Crippen LogP contribution in [-0.4, -0.2) is 10.1 Å². The number of rotatable bonds is 4. The minimum atomic E-state index is -0.0735. The Balaban J connectivity index is 1.95. The van der Waals surface area contributed by atoms with E-state index in [4.69, 9.17) is 15.1 Å². The van der Waals surface area contributed by atoms with Crippen LogP contribution >= 0.6 is 0 Å². The van der Waals surface area contributed by atoms with Crippen molar-refractivity contribution in [1.29, 1.82) is 5.26 Å². The van der Waals surface area contributed by atoms with E-state index in [0.717, 1.165) is 5.56 Å². The molecule has 0 atom stereocenters. The van der Waals surface area contributed by atoms with E-state index in [1.165, 1.54) is 0 Å². The molecule has 0 aliphatic heterocycles. The monoisotopic (exact) mass is 240 g/mol. The number of nitrogens with zero attached hydrogens (tertiary/aromatic N) is 2. The van der Waals surface area contributed by atoms with Crippen LogP contribution in [0.2, 0.25) is 0 Å². The fourth-order valence-corrected chi connectivity index (χ4v) is 1.43. The van der Waals surface area contributed by atoms with Gasteiger partial charge in [-0.1, -0.05) is 12.1 Å². The summed E-state index contributed by atoms with van der Waals surface area (Å²) in [5, 5.41) is 17.5. The number of aliphatic hydroxyl groups excluding tert-OH is 1. The predicted molar refractivity (Wildman–Crippen MR) is 65.6 cm³/mol. The van der Waals surface area contributed by atoms with Gasteiger partial charge in [0, 0.05) is 0 Å². The number of hydrogen-bond acceptors (Lipinski definition) is 4. The number of aliphatic hydroxyl groups is 1. The molecule has 4 heteroatoms. The Morgan fingerprint density at radius 2 is 1.94 bits per heavy atom. The van der Waals surface area contributed by atoms with Crippen molar-refractivity contribution in [3.8, 4) is 11.8 Å². The van der Waals surface area contributed by atoms with Gasteiger partial charge in [-0.05, 0) is 29.8 Å². The standard InChI is InChI=1S/C14H12N2O2/c15-7-11-1-3-12(4-2-11)10-18-14-6-5-13(9-17)16-8-14/h1-6,8,17H,9-10H2. The molecule has 0 radical (unpaired) electrons. The summed E-state index contributed by atoms with van der Waals surface area (Å²) < 4.78 is 5.54. The van der Waals surface area contributed by atoms with E-state index in [-0.39, 0.29) is 6.61 Å². The molecule has 90 valence electrons. The van der Waals surface area contributed by atoms with Crippen molar-refractivity contribution in [2.24, 2.45) is 0 Å². The molecule has 0 amide bonds. The Morgan fingerprint density at radius 1 is 1.17 bits per heavy atom. The second kappa shape index (κ2) is 5.80. The highest BCUT2D eigenvalue weighted by Gasteiger charge is 1.98. The van der Waals surface area contributed by atoms with Crippen LogP contribution in [0, 0.1) is 11.3 Å². The highest BCUT2D eigenvalue weighted by Crippen LogP contribution is 2.12. The van der Waals surface area contributed by atoms with E-state index in [1.807, 2.05) is 12.1 Å². The summed E-state index contributed by atoms with van der Waals surface area (Å²) in [6.45, 7) is 0.349. The zero-order valence-electron chi connectivity index (χ0n) is 9.71. The van der Waals surface area contributed by atoms with E-state index in [2.05, 4.69) is 11.1 Å². The molecule has 1 N–H and O–H groups in total. The highest BCUT2D eigenvalue weighted by atomic mass is 16.5. The molecule has 0 aliphatic rings. The summed E-state index contributed by atoms with van der Waals surface area (Å²) in [4.78, 5) is 4.02. The van der Waals surface area contributed by atoms with Crippen LogP contribution < -0.4 is 4.74 Å². The van der Waals surface area contributed by atoms with E-state index < -0.39 is 0 Å². The molecule has 0 saturated carbocycles. The summed E-state index contributed by atoms with van der Waals surface area (Å²) >= 11 is 0. The van der Waals surface area contributed by atoms with Gasteiger partial charge in [0.05, 0.1) is 30.1 Å². The Kier molecular flexibility index (Phi) is 3.90. The molecule has 0 spiro atoms. The molecule has 2 rings (SSSR count).